The monoisotopic (exact) mass is 344 g/mol. The highest BCUT2D eigenvalue weighted by Crippen LogP contribution is 2.29. The van der Waals surface area contributed by atoms with Gasteiger partial charge in [-0.1, -0.05) is 0 Å². The summed E-state index contributed by atoms with van der Waals surface area (Å²) >= 11 is 0. The van der Waals surface area contributed by atoms with Crippen LogP contribution in [0.1, 0.15) is 17.3 Å². The number of ketones is 1. The average Bonchev–Trinajstić information content (AvgIpc) is 2.60. The predicted molar refractivity (Wildman–Crippen MR) is 94.5 cm³/mol. The Kier molecular flexibility index (Phi) is 5.84. The third-order valence-electron chi connectivity index (χ3n) is 3.46. The topological polar surface area (TPSA) is 99.9 Å². The third kappa shape index (κ3) is 4.63. The zero-order chi connectivity index (χ0) is 18.4. The minimum Gasteiger partial charge on any atom is -0.497 e. The number of carbonyl (C=O) groups excluding carboxylic acids is 2. The first-order valence-corrected chi connectivity index (χ1v) is 7.49. The standard InChI is InChI=1S/C18H20N2O5/c1-11(21)12-4-6-16(14(19)8-12)25-10-18(22)20-15-9-13(23-2)5-7-17(15)24-3/h4-9H,10,19H2,1-3H3,(H,20,22). The summed E-state index contributed by atoms with van der Waals surface area (Å²) in [5.74, 6) is 0.932. The van der Waals surface area contributed by atoms with Crippen LogP contribution in [0.15, 0.2) is 36.4 Å². The van der Waals surface area contributed by atoms with E-state index >= 15 is 0 Å². The summed E-state index contributed by atoms with van der Waals surface area (Å²) in [6.45, 7) is 1.20. The second-order valence-electron chi connectivity index (χ2n) is 5.21. The molecule has 0 aliphatic carbocycles. The number of nitrogen functional groups attached to an aromatic ring is 1. The summed E-state index contributed by atoms with van der Waals surface area (Å²) in [5, 5.41) is 2.69. The molecule has 0 fully saturated rings. The largest absolute Gasteiger partial charge is 0.497 e. The van der Waals surface area contributed by atoms with Crippen LogP contribution in [-0.2, 0) is 4.79 Å². The molecule has 0 aliphatic heterocycles. The van der Waals surface area contributed by atoms with Crippen molar-refractivity contribution < 1.29 is 23.8 Å². The molecule has 132 valence electrons. The lowest BCUT2D eigenvalue weighted by Crippen LogP contribution is -2.21. The Balaban J connectivity index is 2.03. The molecule has 25 heavy (non-hydrogen) atoms. The molecule has 0 heterocycles. The molecule has 0 aromatic heterocycles. The normalized spacial score (nSPS) is 10.0. The first kappa shape index (κ1) is 18.1. The second kappa shape index (κ2) is 8.05. The Morgan fingerprint density at radius 2 is 1.76 bits per heavy atom. The zero-order valence-electron chi connectivity index (χ0n) is 14.3. The fraction of sp³-hybridized carbons (Fsp3) is 0.222. The SMILES string of the molecule is COc1ccc(OC)c(NC(=O)COc2ccc(C(C)=O)cc2N)c1. The Morgan fingerprint density at radius 3 is 2.36 bits per heavy atom. The van der Waals surface area contributed by atoms with E-state index in [1.54, 1.807) is 30.3 Å². The van der Waals surface area contributed by atoms with Crippen LogP contribution in [0.25, 0.3) is 0 Å². The van der Waals surface area contributed by atoms with E-state index in [-0.39, 0.29) is 18.3 Å². The van der Waals surface area contributed by atoms with Crippen molar-refractivity contribution in [3.05, 3.63) is 42.0 Å². The fourth-order valence-electron chi connectivity index (χ4n) is 2.14. The highest BCUT2D eigenvalue weighted by molar-refractivity contribution is 5.95. The number of Topliss-reactive ketones (excluding diaryl/α,β-unsaturated/α-hetero) is 1. The van der Waals surface area contributed by atoms with E-state index in [1.807, 2.05) is 0 Å². The van der Waals surface area contributed by atoms with Crippen LogP contribution in [0.3, 0.4) is 0 Å². The molecule has 2 aromatic rings. The molecule has 0 unspecified atom stereocenters. The molecule has 2 aromatic carbocycles. The maximum atomic E-state index is 12.1. The zero-order valence-corrected chi connectivity index (χ0v) is 14.3. The van der Waals surface area contributed by atoms with Crippen LogP contribution in [0, 0.1) is 0 Å². The number of rotatable bonds is 7. The van der Waals surface area contributed by atoms with Crippen LogP contribution in [-0.4, -0.2) is 32.5 Å². The number of hydrogen-bond donors (Lipinski definition) is 2. The highest BCUT2D eigenvalue weighted by atomic mass is 16.5. The van der Waals surface area contributed by atoms with Crippen LogP contribution in [0.2, 0.25) is 0 Å². The smallest absolute Gasteiger partial charge is 0.262 e. The number of ether oxygens (including phenoxy) is 3. The molecular formula is C18H20N2O5. The number of hydrogen-bond acceptors (Lipinski definition) is 6. The number of benzene rings is 2. The van der Waals surface area contributed by atoms with Crippen LogP contribution in [0.5, 0.6) is 17.2 Å². The van der Waals surface area contributed by atoms with Gasteiger partial charge in [-0.3, -0.25) is 9.59 Å². The van der Waals surface area contributed by atoms with Crippen molar-refractivity contribution >= 4 is 23.1 Å². The van der Waals surface area contributed by atoms with E-state index in [2.05, 4.69) is 5.32 Å². The quantitative estimate of drug-likeness (QED) is 0.591. The molecule has 0 atom stereocenters. The van der Waals surface area contributed by atoms with Gasteiger partial charge in [0.1, 0.15) is 17.2 Å². The summed E-state index contributed by atoms with van der Waals surface area (Å²) in [6.07, 6.45) is 0. The highest BCUT2D eigenvalue weighted by Gasteiger charge is 2.11. The van der Waals surface area contributed by atoms with Gasteiger partial charge in [-0.15, -0.1) is 0 Å². The van der Waals surface area contributed by atoms with Crippen molar-refractivity contribution in [2.24, 2.45) is 0 Å². The molecule has 7 heteroatoms. The molecule has 0 aliphatic rings. The van der Waals surface area contributed by atoms with Crippen molar-refractivity contribution in [1.29, 1.82) is 0 Å². The summed E-state index contributed by atoms with van der Waals surface area (Å²) in [5.41, 5.74) is 7.08. The first-order valence-electron chi connectivity index (χ1n) is 7.49. The Labute approximate surface area is 145 Å². The van der Waals surface area contributed by atoms with E-state index in [0.29, 0.717) is 34.2 Å². The van der Waals surface area contributed by atoms with Gasteiger partial charge in [0.15, 0.2) is 12.4 Å². The predicted octanol–water partition coefficient (Wildman–Crippen LogP) is 2.51. The van der Waals surface area contributed by atoms with E-state index in [0.717, 1.165) is 0 Å². The summed E-state index contributed by atoms with van der Waals surface area (Å²) in [6, 6.07) is 9.73. The molecule has 3 N–H and O–H groups in total. The van der Waals surface area contributed by atoms with E-state index in [4.69, 9.17) is 19.9 Å². The lowest BCUT2D eigenvalue weighted by atomic mass is 10.1. The first-order chi connectivity index (χ1) is 11.9. The van der Waals surface area contributed by atoms with Gasteiger partial charge >= 0.3 is 0 Å². The molecular weight excluding hydrogens is 324 g/mol. The molecule has 0 spiro atoms. The average molecular weight is 344 g/mol. The Hall–Kier alpha value is -3.22. The number of nitrogens with one attached hydrogen (secondary N) is 1. The molecule has 0 saturated heterocycles. The van der Waals surface area contributed by atoms with Gasteiger partial charge in [-0.2, -0.15) is 0 Å². The van der Waals surface area contributed by atoms with E-state index in [1.165, 1.54) is 27.2 Å². The van der Waals surface area contributed by atoms with Gasteiger partial charge in [-0.25, -0.2) is 0 Å². The van der Waals surface area contributed by atoms with Gasteiger partial charge in [0.05, 0.1) is 25.6 Å². The van der Waals surface area contributed by atoms with Crippen LogP contribution in [0.4, 0.5) is 11.4 Å². The lowest BCUT2D eigenvalue weighted by Gasteiger charge is -2.13. The minimum absolute atomic E-state index is 0.0962. The molecule has 1 amide bonds. The Bertz CT molecular complexity index is 789. The van der Waals surface area contributed by atoms with Gasteiger partial charge in [0, 0.05) is 11.6 Å². The van der Waals surface area contributed by atoms with Gasteiger partial charge < -0.3 is 25.3 Å². The van der Waals surface area contributed by atoms with Gasteiger partial charge in [-0.05, 0) is 37.3 Å². The number of carbonyl (C=O) groups is 2. The molecule has 2 rings (SSSR count). The summed E-state index contributed by atoms with van der Waals surface area (Å²) in [4.78, 5) is 23.4. The van der Waals surface area contributed by atoms with E-state index < -0.39 is 0 Å². The molecule has 0 radical (unpaired) electrons. The second-order valence-corrected chi connectivity index (χ2v) is 5.21. The molecule has 0 saturated carbocycles. The fourth-order valence-corrected chi connectivity index (χ4v) is 2.14. The maximum Gasteiger partial charge on any atom is 0.262 e. The van der Waals surface area contributed by atoms with Crippen LogP contribution >= 0.6 is 0 Å². The van der Waals surface area contributed by atoms with Crippen molar-refractivity contribution in [2.75, 3.05) is 31.9 Å². The summed E-state index contributed by atoms with van der Waals surface area (Å²) < 4.78 is 15.7. The van der Waals surface area contributed by atoms with Gasteiger partial charge in [0.2, 0.25) is 0 Å². The van der Waals surface area contributed by atoms with Crippen LogP contribution < -0.4 is 25.3 Å². The number of methoxy groups -OCH3 is 2. The van der Waals surface area contributed by atoms with Gasteiger partial charge in [0.25, 0.3) is 5.91 Å². The van der Waals surface area contributed by atoms with Crippen molar-refractivity contribution in [3.63, 3.8) is 0 Å². The molecule has 7 nitrogen and oxygen atoms in total. The van der Waals surface area contributed by atoms with Crippen molar-refractivity contribution in [3.8, 4) is 17.2 Å². The lowest BCUT2D eigenvalue weighted by molar-refractivity contribution is -0.118. The van der Waals surface area contributed by atoms with E-state index in [9.17, 15) is 9.59 Å². The van der Waals surface area contributed by atoms with Crippen molar-refractivity contribution in [1.82, 2.24) is 0 Å². The number of nitrogens with two attached hydrogens (primary N) is 1. The minimum atomic E-state index is -0.387. The third-order valence-corrected chi connectivity index (χ3v) is 3.46. The van der Waals surface area contributed by atoms with Crippen molar-refractivity contribution in [2.45, 2.75) is 6.92 Å². The molecule has 0 bridgehead atoms. The number of anilines is 2. The maximum absolute atomic E-state index is 12.1. The summed E-state index contributed by atoms with van der Waals surface area (Å²) in [7, 11) is 3.04. The number of amides is 1. The Morgan fingerprint density at radius 1 is 1.04 bits per heavy atom.